The third kappa shape index (κ3) is 4.63. The van der Waals surface area contributed by atoms with Crippen LogP contribution in [0.25, 0.3) is 0 Å². The van der Waals surface area contributed by atoms with Crippen molar-refractivity contribution in [3.63, 3.8) is 0 Å². The Kier molecular flexibility index (Phi) is 4.72. The summed E-state index contributed by atoms with van der Waals surface area (Å²) in [6.45, 7) is 2.85. The van der Waals surface area contributed by atoms with Crippen LogP contribution in [0.5, 0.6) is 5.75 Å². The lowest BCUT2D eigenvalue weighted by molar-refractivity contribution is -0.274. The second-order valence-electron chi connectivity index (χ2n) is 5.05. The number of carbonyl (C=O) groups excluding carboxylic acids is 1. The maximum atomic E-state index is 12.1. The number of amides is 1. The van der Waals surface area contributed by atoms with Gasteiger partial charge in [0.15, 0.2) is 0 Å². The van der Waals surface area contributed by atoms with Gasteiger partial charge in [0.1, 0.15) is 5.75 Å². The van der Waals surface area contributed by atoms with Gasteiger partial charge in [0.05, 0.1) is 5.92 Å². The van der Waals surface area contributed by atoms with Gasteiger partial charge in [-0.15, -0.1) is 13.2 Å². The molecule has 21 heavy (non-hydrogen) atoms. The number of nitrogens with one attached hydrogen (secondary N) is 2. The minimum Gasteiger partial charge on any atom is -0.406 e. The second-order valence-corrected chi connectivity index (χ2v) is 5.05. The van der Waals surface area contributed by atoms with Crippen molar-refractivity contribution in [2.75, 3.05) is 11.9 Å². The topological polar surface area (TPSA) is 50.4 Å². The number of rotatable bonds is 3. The normalized spacial score (nSPS) is 22.7. The monoisotopic (exact) mass is 302 g/mol. The van der Waals surface area contributed by atoms with Gasteiger partial charge in [0.25, 0.3) is 0 Å². The Bertz CT molecular complexity index is 488. The first-order valence-electron chi connectivity index (χ1n) is 6.75. The quantitative estimate of drug-likeness (QED) is 0.902. The molecule has 7 heteroatoms. The van der Waals surface area contributed by atoms with Crippen molar-refractivity contribution in [2.24, 2.45) is 5.92 Å². The van der Waals surface area contributed by atoms with Gasteiger partial charge in [-0.25, -0.2) is 0 Å². The minimum atomic E-state index is -4.71. The molecular weight excluding hydrogens is 285 g/mol. The zero-order valence-electron chi connectivity index (χ0n) is 11.5. The minimum absolute atomic E-state index is 0.0894. The Labute approximate surface area is 120 Å². The highest BCUT2D eigenvalue weighted by Gasteiger charge is 2.31. The number of piperidine rings is 1. The summed E-state index contributed by atoms with van der Waals surface area (Å²) in [6, 6.07) is 5.21. The van der Waals surface area contributed by atoms with Crippen LogP contribution in [0, 0.1) is 5.92 Å². The predicted octanol–water partition coefficient (Wildman–Crippen LogP) is 2.91. The van der Waals surface area contributed by atoms with Crippen LogP contribution in [-0.2, 0) is 4.79 Å². The average molecular weight is 302 g/mol. The molecule has 1 aliphatic heterocycles. The van der Waals surface area contributed by atoms with E-state index >= 15 is 0 Å². The molecule has 1 aromatic carbocycles. The molecule has 0 spiro atoms. The number of alkyl halides is 3. The number of halogens is 3. The first-order valence-corrected chi connectivity index (χ1v) is 6.75. The summed E-state index contributed by atoms with van der Waals surface area (Å²) in [4.78, 5) is 12.1. The lowest BCUT2D eigenvalue weighted by Crippen LogP contribution is -2.44. The van der Waals surface area contributed by atoms with Crippen LogP contribution >= 0.6 is 0 Å². The lowest BCUT2D eigenvalue weighted by atomic mass is 9.91. The molecule has 2 unspecified atom stereocenters. The van der Waals surface area contributed by atoms with Gasteiger partial charge in [-0.3, -0.25) is 4.79 Å². The molecule has 1 aromatic rings. The van der Waals surface area contributed by atoms with Crippen LogP contribution in [0.4, 0.5) is 18.9 Å². The van der Waals surface area contributed by atoms with E-state index in [-0.39, 0.29) is 23.6 Å². The first kappa shape index (κ1) is 15.6. The summed E-state index contributed by atoms with van der Waals surface area (Å²) in [5.41, 5.74) is 0.451. The van der Waals surface area contributed by atoms with E-state index in [1.165, 1.54) is 24.3 Å². The molecule has 0 radical (unpaired) electrons. The molecule has 116 valence electrons. The van der Waals surface area contributed by atoms with Gasteiger partial charge < -0.3 is 15.4 Å². The molecule has 2 atom stereocenters. The van der Waals surface area contributed by atoms with E-state index in [2.05, 4.69) is 15.4 Å². The number of benzene rings is 1. The number of carbonyl (C=O) groups is 1. The molecule has 1 amide bonds. The molecule has 0 aliphatic carbocycles. The van der Waals surface area contributed by atoms with Crippen LogP contribution in [0.3, 0.4) is 0 Å². The van der Waals surface area contributed by atoms with E-state index in [0.29, 0.717) is 5.69 Å². The van der Waals surface area contributed by atoms with Crippen LogP contribution in [-0.4, -0.2) is 24.9 Å². The van der Waals surface area contributed by atoms with E-state index in [1.54, 1.807) is 0 Å². The zero-order chi connectivity index (χ0) is 15.5. The molecule has 2 N–H and O–H groups in total. The Morgan fingerprint density at radius 1 is 1.33 bits per heavy atom. The summed E-state index contributed by atoms with van der Waals surface area (Å²) in [7, 11) is 0. The summed E-state index contributed by atoms with van der Waals surface area (Å²) >= 11 is 0. The molecule has 0 saturated carbocycles. The van der Waals surface area contributed by atoms with E-state index in [9.17, 15) is 18.0 Å². The van der Waals surface area contributed by atoms with Crippen LogP contribution in [0.1, 0.15) is 19.8 Å². The number of anilines is 1. The van der Waals surface area contributed by atoms with Crippen molar-refractivity contribution in [1.29, 1.82) is 0 Å². The van der Waals surface area contributed by atoms with Crippen LogP contribution < -0.4 is 15.4 Å². The molecule has 1 aliphatic rings. The third-order valence-corrected chi connectivity index (χ3v) is 3.45. The Balaban J connectivity index is 1.95. The third-order valence-electron chi connectivity index (χ3n) is 3.45. The van der Waals surface area contributed by atoms with E-state index < -0.39 is 6.36 Å². The Morgan fingerprint density at radius 2 is 2.00 bits per heavy atom. The summed E-state index contributed by atoms with van der Waals surface area (Å²) in [6.07, 6.45) is -2.98. The van der Waals surface area contributed by atoms with Crippen LogP contribution in [0.2, 0.25) is 0 Å². The fourth-order valence-corrected chi connectivity index (χ4v) is 2.38. The smallest absolute Gasteiger partial charge is 0.406 e. The van der Waals surface area contributed by atoms with Crippen molar-refractivity contribution in [3.8, 4) is 5.75 Å². The van der Waals surface area contributed by atoms with Crippen molar-refractivity contribution in [1.82, 2.24) is 5.32 Å². The highest BCUT2D eigenvalue weighted by atomic mass is 19.4. The Hall–Kier alpha value is -1.76. The van der Waals surface area contributed by atoms with Gasteiger partial charge >= 0.3 is 6.36 Å². The van der Waals surface area contributed by atoms with Crippen molar-refractivity contribution >= 4 is 11.6 Å². The SMILES string of the molecule is CC1NCCCC1C(=O)Nc1ccc(OC(F)(F)F)cc1. The molecule has 1 saturated heterocycles. The molecule has 1 heterocycles. The van der Waals surface area contributed by atoms with Gasteiger partial charge in [-0.2, -0.15) is 0 Å². The van der Waals surface area contributed by atoms with Crippen molar-refractivity contribution in [2.45, 2.75) is 32.2 Å². The summed E-state index contributed by atoms with van der Waals surface area (Å²) in [5.74, 6) is -0.572. The standard InChI is InChI=1S/C14H17F3N2O2/c1-9-12(3-2-8-18-9)13(20)19-10-4-6-11(7-5-10)21-14(15,16)17/h4-7,9,12,18H,2-3,8H2,1H3,(H,19,20). The van der Waals surface area contributed by atoms with Crippen molar-refractivity contribution < 1.29 is 22.7 Å². The maximum absolute atomic E-state index is 12.1. The van der Waals surface area contributed by atoms with Crippen molar-refractivity contribution in [3.05, 3.63) is 24.3 Å². The van der Waals surface area contributed by atoms with Gasteiger partial charge in [-0.05, 0) is 50.6 Å². The predicted molar refractivity (Wildman–Crippen MR) is 71.9 cm³/mol. The molecular formula is C14H17F3N2O2. The largest absolute Gasteiger partial charge is 0.573 e. The fourth-order valence-electron chi connectivity index (χ4n) is 2.38. The molecule has 0 bridgehead atoms. The summed E-state index contributed by atoms with van der Waals surface area (Å²) in [5, 5.41) is 5.94. The molecule has 1 fully saturated rings. The number of hydrogen-bond acceptors (Lipinski definition) is 3. The Morgan fingerprint density at radius 3 is 2.57 bits per heavy atom. The number of ether oxygens (including phenoxy) is 1. The molecule has 0 aromatic heterocycles. The van der Waals surface area contributed by atoms with E-state index in [0.717, 1.165) is 19.4 Å². The highest BCUT2D eigenvalue weighted by Crippen LogP contribution is 2.25. The highest BCUT2D eigenvalue weighted by molar-refractivity contribution is 5.93. The van der Waals surface area contributed by atoms with E-state index in [1.807, 2.05) is 6.92 Å². The van der Waals surface area contributed by atoms with Crippen LogP contribution in [0.15, 0.2) is 24.3 Å². The second kappa shape index (κ2) is 6.34. The molecule has 2 rings (SSSR count). The molecule has 4 nitrogen and oxygen atoms in total. The van der Waals surface area contributed by atoms with Gasteiger partial charge in [-0.1, -0.05) is 0 Å². The average Bonchev–Trinajstić information content (AvgIpc) is 2.40. The number of hydrogen-bond donors (Lipinski definition) is 2. The summed E-state index contributed by atoms with van der Waals surface area (Å²) < 4.78 is 39.9. The maximum Gasteiger partial charge on any atom is 0.573 e. The fraction of sp³-hybridized carbons (Fsp3) is 0.500. The lowest BCUT2D eigenvalue weighted by Gasteiger charge is -2.28. The zero-order valence-corrected chi connectivity index (χ0v) is 11.5. The first-order chi connectivity index (χ1) is 9.85. The van der Waals surface area contributed by atoms with Gasteiger partial charge in [0, 0.05) is 11.7 Å². The van der Waals surface area contributed by atoms with Gasteiger partial charge in [0.2, 0.25) is 5.91 Å². The van der Waals surface area contributed by atoms with E-state index in [4.69, 9.17) is 0 Å².